The molecular weight excluding hydrogens is 258 g/mol. The highest BCUT2D eigenvalue weighted by atomic mass is 79.9. The van der Waals surface area contributed by atoms with Crippen molar-refractivity contribution in [1.29, 1.82) is 5.26 Å². The largest absolute Gasteiger partial charge is 0.192 e. The van der Waals surface area contributed by atoms with Crippen molar-refractivity contribution in [2.75, 3.05) is 0 Å². The van der Waals surface area contributed by atoms with Gasteiger partial charge in [0.05, 0.1) is 5.57 Å². The summed E-state index contributed by atoms with van der Waals surface area (Å²) in [5, 5.41) is 8.62. The van der Waals surface area contributed by atoms with Gasteiger partial charge in [0, 0.05) is 8.96 Å². The molecule has 0 N–H and O–H groups in total. The van der Waals surface area contributed by atoms with E-state index in [9.17, 15) is 0 Å². The fraction of sp³-hybridized carbons (Fsp3) is 0.286. The topological polar surface area (TPSA) is 23.8 Å². The Hall–Kier alpha value is -0.0700. The van der Waals surface area contributed by atoms with Crippen LogP contribution in [0.15, 0.2) is 20.6 Å². The Morgan fingerprint density at radius 3 is 2.60 bits per heavy atom. The third kappa shape index (κ3) is 1.50. The van der Waals surface area contributed by atoms with Gasteiger partial charge in [-0.05, 0) is 28.8 Å². The van der Waals surface area contributed by atoms with Crippen molar-refractivity contribution in [3.8, 4) is 6.07 Å². The van der Waals surface area contributed by atoms with Crippen molar-refractivity contribution >= 4 is 31.9 Å². The maximum atomic E-state index is 8.62. The summed E-state index contributed by atoms with van der Waals surface area (Å²) < 4.78 is 1.91. The van der Waals surface area contributed by atoms with E-state index in [1.165, 1.54) is 0 Å². The van der Waals surface area contributed by atoms with Crippen LogP contribution >= 0.6 is 31.9 Å². The molecule has 10 heavy (non-hydrogen) atoms. The van der Waals surface area contributed by atoms with Gasteiger partial charge >= 0.3 is 0 Å². The Morgan fingerprint density at radius 2 is 2.20 bits per heavy atom. The summed E-state index contributed by atoms with van der Waals surface area (Å²) >= 11 is 6.65. The summed E-state index contributed by atoms with van der Waals surface area (Å²) in [4.78, 5) is 0. The molecule has 0 aromatic heterocycles. The molecular formula is C7H5Br2N. The van der Waals surface area contributed by atoms with Crippen LogP contribution in [0.25, 0.3) is 0 Å². The molecule has 0 unspecified atom stereocenters. The number of nitrogens with zero attached hydrogens (tertiary/aromatic N) is 1. The number of hydrogen-bond donors (Lipinski definition) is 0. The first-order valence-corrected chi connectivity index (χ1v) is 4.49. The van der Waals surface area contributed by atoms with Crippen LogP contribution in [0.3, 0.4) is 0 Å². The van der Waals surface area contributed by atoms with Crippen molar-refractivity contribution in [2.45, 2.75) is 12.8 Å². The van der Waals surface area contributed by atoms with E-state index in [4.69, 9.17) is 5.26 Å². The molecule has 1 rings (SSSR count). The summed E-state index contributed by atoms with van der Waals surface area (Å²) in [6.45, 7) is 0. The monoisotopic (exact) mass is 261 g/mol. The van der Waals surface area contributed by atoms with Gasteiger partial charge in [-0.3, -0.25) is 0 Å². The van der Waals surface area contributed by atoms with Gasteiger partial charge in [-0.15, -0.1) is 0 Å². The second-order valence-corrected chi connectivity index (χ2v) is 3.79. The van der Waals surface area contributed by atoms with Crippen molar-refractivity contribution < 1.29 is 0 Å². The maximum Gasteiger partial charge on any atom is 0.101 e. The Kier molecular flexibility index (Phi) is 2.70. The highest BCUT2D eigenvalue weighted by Crippen LogP contribution is 2.31. The molecule has 3 heteroatoms. The van der Waals surface area contributed by atoms with E-state index >= 15 is 0 Å². The normalized spacial score (nSPS) is 18.3. The zero-order valence-corrected chi connectivity index (χ0v) is 8.37. The lowest BCUT2D eigenvalue weighted by Gasteiger charge is -2.07. The van der Waals surface area contributed by atoms with Crippen LogP contribution in [-0.2, 0) is 0 Å². The fourth-order valence-electron chi connectivity index (χ4n) is 0.796. The molecule has 0 aromatic rings. The molecule has 0 aromatic carbocycles. The van der Waals surface area contributed by atoms with E-state index in [1.54, 1.807) is 0 Å². The lowest BCUT2D eigenvalue weighted by atomic mass is 10.1. The molecule has 0 heterocycles. The smallest absolute Gasteiger partial charge is 0.101 e. The van der Waals surface area contributed by atoms with Gasteiger partial charge in [-0.25, -0.2) is 0 Å². The fourth-order valence-corrected chi connectivity index (χ4v) is 2.15. The Labute approximate surface area is 76.7 Å². The van der Waals surface area contributed by atoms with E-state index in [0.717, 1.165) is 27.4 Å². The van der Waals surface area contributed by atoms with Crippen molar-refractivity contribution in [1.82, 2.24) is 0 Å². The minimum atomic E-state index is 0.728. The quantitative estimate of drug-likeness (QED) is 0.658. The first-order valence-electron chi connectivity index (χ1n) is 2.90. The number of allylic oxidation sites excluding steroid dienone is 4. The van der Waals surface area contributed by atoms with Crippen LogP contribution in [0, 0.1) is 11.3 Å². The van der Waals surface area contributed by atoms with Crippen LogP contribution in [0.2, 0.25) is 0 Å². The minimum Gasteiger partial charge on any atom is -0.192 e. The van der Waals surface area contributed by atoms with Gasteiger partial charge in [0.1, 0.15) is 6.07 Å². The molecule has 1 nitrogen and oxygen atoms in total. The van der Waals surface area contributed by atoms with Crippen LogP contribution < -0.4 is 0 Å². The third-order valence-corrected chi connectivity index (χ3v) is 2.82. The van der Waals surface area contributed by atoms with Crippen LogP contribution in [-0.4, -0.2) is 0 Å². The van der Waals surface area contributed by atoms with Crippen molar-refractivity contribution in [2.24, 2.45) is 0 Å². The molecule has 1 aliphatic rings. The van der Waals surface area contributed by atoms with Gasteiger partial charge in [-0.2, -0.15) is 5.26 Å². The lowest BCUT2D eigenvalue weighted by Crippen LogP contribution is -1.89. The predicted octanol–water partition coefficient (Wildman–Crippen LogP) is 3.23. The molecule has 0 aliphatic heterocycles. The molecule has 0 saturated carbocycles. The van der Waals surface area contributed by atoms with Gasteiger partial charge in [0.15, 0.2) is 0 Å². The van der Waals surface area contributed by atoms with Gasteiger partial charge in [-0.1, -0.05) is 22.0 Å². The van der Waals surface area contributed by atoms with E-state index in [0.29, 0.717) is 0 Å². The molecule has 0 bridgehead atoms. The first kappa shape index (κ1) is 8.03. The number of nitriles is 1. The molecule has 0 spiro atoms. The number of hydrogen-bond acceptors (Lipinski definition) is 1. The second-order valence-electron chi connectivity index (χ2n) is 1.98. The zero-order valence-electron chi connectivity index (χ0n) is 5.19. The van der Waals surface area contributed by atoms with E-state index in [1.807, 2.05) is 6.08 Å². The van der Waals surface area contributed by atoms with Crippen LogP contribution in [0.5, 0.6) is 0 Å². The Balaban J connectivity index is 3.01. The van der Waals surface area contributed by atoms with E-state index in [2.05, 4.69) is 37.9 Å². The van der Waals surface area contributed by atoms with Gasteiger partial charge in [0.2, 0.25) is 0 Å². The molecule has 0 radical (unpaired) electrons. The van der Waals surface area contributed by atoms with Crippen LogP contribution in [0.4, 0.5) is 0 Å². The van der Waals surface area contributed by atoms with Crippen LogP contribution in [0.1, 0.15) is 12.8 Å². The highest BCUT2D eigenvalue weighted by molar-refractivity contribution is 9.12. The molecule has 52 valence electrons. The molecule has 1 aliphatic carbocycles. The number of rotatable bonds is 0. The third-order valence-electron chi connectivity index (χ3n) is 1.31. The minimum absolute atomic E-state index is 0.728. The van der Waals surface area contributed by atoms with Crippen molar-refractivity contribution in [3.05, 3.63) is 20.6 Å². The summed E-state index contributed by atoms with van der Waals surface area (Å²) in [6, 6.07) is 2.12. The summed E-state index contributed by atoms with van der Waals surface area (Å²) in [6.07, 6.45) is 3.97. The first-order chi connectivity index (χ1) is 4.75. The average Bonchev–Trinajstić information content (AvgIpc) is 1.88. The van der Waals surface area contributed by atoms with E-state index < -0.39 is 0 Å². The molecule has 0 saturated heterocycles. The highest BCUT2D eigenvalue weighted by Gasteiger charge is 2.10. The molecule has 0 fully saturated rings. The SMILES string of the molecule is N#CC1=C(Br)CCC=C1Br. The summed E-state index contributed by atoms with van der Waals surface area (Å²) in [5.74, 6) is 0. The summed E-state index contributed by atoms with van der Waals surface area (Å²) in [5.41, 5.74) is 0.728. The average molecular weight is 263 g/mol. The summed E-state index contributed by atoms with van der Waals surface area (Å²) in [7, 11) is 0. The standard InChI is InChI=1S/C7H5Br2N/c8-6-2-1-3-7(9)5(6)4-10/h2H,1,3H2. The van der Waals surface area contributed by atoms with Gasteiger partial charge in [0.25, 0.3) is 0 Å². The Bertz CT molecular complexity index is 245. The predicted molar refractivity (Wildman–Crippen MR) is 47.8 cm³/mol. The molecule has 0 amide bonds. The maximum absolute atomic E-state index is 8.62. The molecule has 0 atom stereocenters. The zero-order chi connectivity index (χ0) is 7.56. The lowest BCUT2D eigenvalue weighted by molar-refractivity contribution is 1.01. The Morgan fingerprint density at radius 1 is 1.50 bits per heavy atom. The van der Waals surface area contributed by atoms with E-state index in [-0.39, 0.29) is 0 Å². The van der Waals surface area contributed by atoms with Gasteiger partial charge < -0.3 is 0 Å². The van der Waals surface area contributed by atoms with Crippen molar-refractivity contribution in [3.63, 3.8) is 0 Å². The number of halogens is 2. The second kappa shape index (κ2) is 3.36.